The van der Waals surface area contributed by atoms with Crippen LogP contribution in [0.15, 0.2) is 5.11 Å². The molecule has 8 heteroatoms. The van der Waals surface area contributed by atoms with Crippen molar-refractivity contribution in [2.75, 3.05) is 66.0 Å². The Hall–Kier alpha value is -0.890. The lowest BCUT2D eigenvalue weighted by atomic mass is 10.7. The second kappa shape index (κ2) is 16.1. The maximum atomic E-state index is 8.44. The summed E-state index contributed by atoms with van der Waals surface area (Å²) in [5.41, 5.74) is 8.00. The van der Waals surface area contributed by atoms with Gasteiger partial charge in [0.2, 0.25) is 0 Å². The number of nitrogens with zero attached hydrogens (tertiary/aromatic N) is 3. The molecule has 0 atom stereocenters. The first kappa shape index (κ1) is 17.1. The molecule has 0 bridgehead atoms. The lowest BCUT2D eigenvalue weighted by Crippen LogP contribution is -2.13. The second-order valence-corrected chi connectivity index (χ2v) is 3.13. The highest BCUT2D eigenvalue weighted by molar-refractivity contribution is 4.44. The molecule has 0 aromatic heterocycles. The van der Waals surface area contributed by atoms with E-state index in [4.69, 9.17) is 29.6 Å². The van der Waals surface area contributed by atoms with E-state index in [1.165, 1.54) is 0 Å². The molecule has 0 saturated carbocycles. The van der Waals surface area contributed by atoms with Crippen LogP contribution in [0.5, 0.6) is 0 Å². The first-order valence-electron chi connectivity index (χ1n) is 5.84. The maximum absolute atomic E-state index is 8.44. The van der Waals surface area contributed by atoms with E-state index in [1.54, 1.807) is 0 Å². The molecule has 0 amide bonds. The largest absolute Gasteiger partial charge is 0.394 e. The van der Waals surface area contributed by atoms with Crippen molar-refractivity contribution in [3.8, 4) is 0 Å². The van der Waals surface area contributed by atoms with Crippen molar-refractivity contribution < 1.29 is 24.1 Å². The predicted octanol–water partition coefficient (Wildman–Crippen LogP) is 0.355. The topological polar surface area (TPSA) is 106 Å². The highest BCUT2D eigenvalue weighted by atomic mass is 16.6. The first-order chi connectivity index (χ1) is 8.91. The number of ether oxygens (including phenoxy) is 4. The van der Waals surface area contributed by atoms with Gasteiger partial charge in [0, 0.05) is 11.5 Å². The monoisotopic (exact) mass is 263 g/mol. The summed E-state index contributed by atoms with van der Waals surface area (Å²) in [4.78, 5) is 2.60. The molecule has 0 radical (unpaired) electrons. The molecule has 18 heavy (non-hydrogen) atoms. The Morgan fingerprint density at radius 2 is 1.22 bits per heavy atom. The third kappa shape index (κ3) is 15.1. The Balaban J connectivity index is 2.92. The molecular weight excluding hydrogens is 242 g/mol. The Bertz CT molecular complexity index is 212. The van der Waals surface area contributed by atoms with Gasteiger partial charge in [0.15, 0.2) is 0 Å². The van der Waals surface area contributed by atoms with Gasteiger partial charge in [0.1, 0.15) is 0 Å². The summed E-state index contributed by atoms with van der Waals surface area (Å²) in [6, 6.07) is 0. The van der Waals surface area contributed by atoms with E-state index >= 15 is 0 Å². The van der Waals surface area contributed by atoms with Gasteiger partial charge < -0.3 is 24.1 Å². The number of rotatable bonds is 14. The van der Waals surface area contributed by atoms with Crippen LogP contribution >= 0.6 is 0 Å². The van der Waals surface area contributed by atoms with E-state index < -0.39 is 0 Å². The van der Waals surface area contributed by atoms with Crippen LogP contribution in [0.25, 0.3) is 10.4 Å². The number of azide groups is 1. The summed E-state index contributed by atoms with van der Waals surface area (Å²) in [7, 11) is 0. The van der Waals surface area contributed by atoms with E-state index in [9.17, 15) is 0 Å². The van der Waals surface area contributed by atoms with Crippen molar-refractivity contribution in [3.63, 3.8) is 0 Å². The molecular formula is C10H21N3O5. The van der Waals surface area contributed by atoms with Gasteiger partial charge in [-0.15, -0.1) is 0 Å². The number of aliphatic hydroxyl groups is 1. The molecule has 0 rings (SSSR count). The van der Waals surface area contributed by atoms with Crippen molar-refractivity contribution in [2.24, 2.45) is 5.11 Å². The molecule has 1 N–H and O–H groups in total. The van der Waals surface area contributed by atoms with Gasteiger partial charge in [-0.05, 0) is 5.53 Å². The van der Waals surface area contributed by atoms with Gasteiger partial charge in [-0.1, -0.05) is 5.11 Å². The zero-order valence-electron chi connectivity index (χ0n) is 10.5. The molecule has 0 aromatic rings. The molecule has 0 spiro atoms. The number of hydrogen-bond donors (Lipinski definition) is 1. The fourth-order valence-corrected chi connectivity index (χ4v) is 0.976. The number of aliphatic hydroxyl groups excluding tert-OH is 1. The van der Waals surface area contributed by atoms with Crippen molar-refractivity contribution >= 4 is 0 Å². The molecule has 0 fully saturated rings. The lowest BCUT2D eigenvalue weighted by molar-refractivity contribution is -0.00480. The molecule has 0 aliphatic heterocycles. The van der Waals surface area contributed by atoms with Gasteiger partial charge in [-0.2, -0.15) is 0 Å². The Morgan fingerprint density at radius 3 is 1.67 bits per heavy atom. The third-order valence-corrected chi connectivity index (χ3v) is 1.75. The average molecular weight is 263 g/mol. The van der Waals surface area contributed by atoms with E-state index in [0.717, 1.165) is 0 Å². The van der Waals surface area contributed by atoms with Crippen LogP contribution < -0.4 is 0 Å². The summed E-state index contributed by atoms with van der Waals surface area (Å²) in [5.74, 6) is 0. The first-order valence-corrected chi connectivity index (χ1v) is 5.84. The van der Waals surface area contributed by atoms with Crippen LogP contribution in [0.4, 0.5) is 0 Å². The van der Waals surface area contributed by atoms with Gasteiger partial charge in [-0.3, -0.25) is 0 Å². The Labute approximate surface area is 106 Å². The predicted molar refractivity (Wildman–Crippen MR) is 64.4 cm³/mol. The van der Waals surface area contributed by atoms with E-state index in [-0.39, 0.29) is 6.61 Å². The molecule has 0 aromatic carbocycles. The normalized spacial score (nSPS) is 10.3. The average Bonchev–Trinajstić information content (AvgIpc) is 2.39. The van der Waals surface area contributed by atoms with Gasteiger partial charge in [0.05, 0.1) is 59.5 Å². The Morgan fingerprint density at radius 1 is 0.778 bits per heavy atom. The highest BCUT2D eigenvalue weighted by Crippen LogP contribution is 1.83. The van der Waals surface area contributed by atoms with Crippen LogP contribution in [-0.2, 0) is 18.9 Å². The van der Waals surface area contributed by atoms with Gasteiger partial charge in [-0.25, -0.2) is 0 Å². The zero-order chi connectivity index (χ0) is 13.3. The molecule has 0 saturated heterocycles. The third-order valence-electron chi connectivity index (χ3n) is 1.75. The summed E-state index contributed by atoms with van der Waals surface area (Å²) < 4.78 is 20.6. The standard InChI is InChI=1S/C10H21N3O5/c11-13-12-1-3-15-5-7-17-9-10-18-8-6-16-4-2-14/h14H,1-10H2. The smallest absolute Gasteiger partial charge is 0.0701 e. The van der Waals surface area contributed by atoms with Gasteiger partial charge >= 0.3 is 0 Å². The quantitative estimate of drug-likeness (QED) is 0.211. The molecule has 0 aliphatic rings. The molecule has 8 nitrogen and oxygen atoms in total. The SMILES string of the molecule is [N-]=[N+]=NCCOCCOCCOCCOCCO. The van der Waals surface area contributed by atoms with Crippen molar-refractivity contribution in [1.82, 2.24) is 0 Å². The summed E-state index contributed by atoms with van der Waals surface area (Å²) >= 11 is 0. The molecule has 0 aliphatic carbocycles. The summed E-state index contributed by atoms with van der Waals surface area (Å²) in [5, 5.41) is 11.8. The fraction of sp³-hybridized carbons (Fsp3) is 1.00. The van der Waals surface area contributed by atoms with E-state index in [1.807, 2.05) is 0 Å². The van der Waals surface area contributed by atoms with E-state index in [2.05, 4.69) is 10.0 Å². The molecule has 0 heterocycles. The summed E-state index contributed by atoms with van der Waals surface area (Å²) in [6.45, 7) is 4.05. The van der Waals surface area contributed by atoms with Crippen molar-refractivity contribution in [2.45, 2.75) is 0 Å². The van der Waals surface area contributed by atoms with Crippen LogP contribution in [0.2, 0.25) is 0 Å². The highest BCUT2D eigenvalue weighted by Gasteiger charge is 1.92. The minimum Gasteiger partial charge on any atom is -0.394 e. The molecule has 106 valence electrons. The number of hydrogen-bond acceptors (Lipinski definition) is 6. The van der Waals surface area contributed by atoms with Crippen molar-refractivity contribution in [3.05, 3.63) is 10.4 Å². The lowest BCUT2D eigenvalue weighted by Gasteiger charge is -2.06. The minimum atomic E-state index is 0.0305. The van der Waals surface area contributed by atoms with Crippen LogP contribution in [-0.4, -0.2) is 71.1 Å². The van der Waals surface area contributed by atoms with Crippen LogP contribution in [0.3, 0.4) is 0 Å². The van der Waals surface area contributed by atoms with E-state index in [0.29, 0.717) is 59.4 Å². The maximum Gasteiger partial charge on any atom is 0.0701 e. The zero-order valence-corrected chi connectivity index (χ0v) is 10.5. The summed E-state index contributed by atoms with van der Waals surface area (Å²) in [6.07, 6.45) is 0. The van der Waals surface area contributed by atoms with Crippen LogP contribution in [0.1, 0.15) is 0 Å². The second-order valence-electron chi connectivity index (χ2n) is 3.13. The Kier molecular flexibility index (Phi) is 15.3. The van der Waals surface area contributed by atoms with Gasteiger partial charge in [0.25, 0.3) is 0 Å². The van der Waals surface area contributed by atoms with Crippen molar-refractivity contribution in [1.29, 1.82) is 0 Å². The molecule has 0 unspecified atom stereocenters. The fourth-order valence-electron chi connectivity index (χ4n) is 0.976. The van der Waals surface area contributed by atoms with Crippen LogP contribution in [0, 0.1) is 0 Å². The minimum absolute atomic E-state index is 0.0305.